The van der Waals surface area contributed by atoms with Crippen LogP contribution in [0.15, 0.2) is 18.3 Å². The Kier molecular flexibility index (Phi) is 1.25. The normalized spacial score (nSPS) is 10.3. The maximum Gasteiger partial charge on any atom is 0.231 e. The first-order valence-corrected chi connectivity index (χ1v) is 3.16. The van der Waals surface area contributed by atoms with Crippen LogP contribution >= 0.6 is 0 Å². The van der Waals surface area contributed by atoms with Gasteiger partial charge >= 0.3 is 0 Å². The molecule has 0 aliphatic rings. The molecule has 2 heterocycles. The van der Waals surface area contributed by atoms with E-state index < -0.39 is 0 Å². The lowest BCUT2D eigenvalue weighted by Crippen LogP contribution is -1.93. The average molecular weight is 148 g/mol. The van der Waals surface area contributed by atoms with Crippen LogP contribution in [-0.4, -0.2) is 21.7 Å². The Morgan fingerprint density at radius 2 is 2.45 bits per heavy atom. The Morgan fingerprint density at radius 1 is 1.55 bits per heavy atom. The second-order valence-corrected chi connectivity index (χ2v) is 2.03. The topological polar surface area (TPSA) is 39.4 Å². The summed E-state index contributed by atoms with van der Waals surface area (Å²) in [5, 5.41) is 4.03. The lowest BCUT2D eigenvalue weighted by atomic mass is 10.5. The molecule has 11 heavy (non-hydrogen) atoms. The molecule has 1 radical (unpaired) electrons. The smallest absolute Gasteiger partial charge is 0.231 e. The van der Waals surface area contributed by atoms with E-state index in [1.54, 1.807) is 23.9 Å². The van der Waals surface area contributed by atoms with Crippen molar-refractivity contribution in [3.63, 3.8) is 0 Å². The molecule has 0 unspecified atom stereocenters. The van der Waals surface area contributed by atoms with Crippen LogP contribution in [0.4, 0.5) is 0 Å². The maximum absolute atomic E-state index is 4.91. The van der Waals surface area contributed by atoms with E-state index in [0.29, 0.717) is 5.88 Å². The van der Waals surface area contributed by atoms with E-state index in [-0.39, 0.29) is 0 Å². The second kappa shape index (κ2) is 2.23. The summed E-state index contributed by atoms with van der Waals surface area (Å²) in [5.74, 6) is 0.562. The highest BCUT2D eigenvalue weighted by atomic mass is 16.5. The molecule has 0 saturated heterocycles. The van der Waals surface area contributed by atoms with Gasteiger partial charge in [-0.2, -0.15) is 0 Å². The Labute approximate surface area is 63.4 Å². The van der Waals surface area contributed by atoms with Crippen molar-refractivity contribution in [2.75, 3.05) is 7.11 Å². The van der Waals surface area contributed by atoms with Gasteiger partial charge in [-0.1, -0.05) is 0 Å². The molecular formula is C7H6N3O. The van der Waals surface area contributed by atoms with Crippen molar-refractivity contribution < 1.29 is 4.74 Å². The Balaban J connectivity index is 2.67. The number of hydrogen-bond acceptors (Lipinski definition) is 3. The summed E-state index contributed by atoms with van der Waals surface area (Å²) in [6.45, 7) is 0. The van der Waals surface area contributed by atoms with Gasteiger partial charge < -0.3 is 4.74 Å². The third kappa shape index (κ3) is 0.920. The Hall–Kier alpha value is -1.58. The Bertz CT molecular complexity index is 368. The monoisotopic (exact) mass is 148 g/mol. The lowest BCUT2D eigenvalue weighted by Gasteiger charge is -1.96. The van der Waals surface area contributed by atoms with Crippen LogP contribution in [0.1, 0.15) is 0 Å². The zero-order valence-corrected chi connectivity index (χ0v) is 5.98. The van der Waals surface area contributed by atoms with Crippen molar-refractivity contribution in [1.82, 2.24) is 14.6 Å². The summed E-state index contributed by atoms with van der Waals surface area (Å²) in [4.78, 5) is 3.98. The number of nitrogens with zero attached hydrogens (tertiary/aromatic N) is 3. The molecule has 2 aromatic rings. The quantitative estimate of drug-likeness (QED) is 0.592. The zero-order chi connectivity index (χ0) is 7.68. The van der Waals surface area contributed by atoms with Crippen LogP contribution in [0.25, 0.3) is 5.65 Å². The molecule has 0 aliphatic carbocycles. The Morgan fingerprint density at radius 3 is 3.27 bits per heavy atom. The molecule has 0 spiro atoms. The van der Waals surface area contributed by atoms with E-state index in [9.17, 15) is 0 Å². The van der Waals surface area contributed by atoms with E-state index in [0.717, 1.165) is 5.65 Å². The molecule has 4 nitrogen and oxygen atoms in total. The number of methoxy groups -OCH3 is 1. The molecule has 0 aromatic carbocycles. The van der Waals surface area contributed by atoms with Gasteiger partial charge in [-0.15, -0.1) is 5.10 Å². The maximum atomic E-state index is 4.91. The SMILES string of the molecule is COc1ccc2nc[c]n2n1. The molecule has 0 amide bonds. The van der Waals surface area contributed by atoms with Crippen molar-refractivity contribution in [2.24, 2.45) is 0 Å². The summed E-state index contributed by atoms with van der Waals surface area (Å²) in [6.07, 6.45) is 4.38. The van der Waals surface area contributed by atoms with Crippen molar-refractivity contribution >= 4 is 5.65 Å². The van der Waals surface area contributed by atoms with E-state index in [2.05, 4.69) is 16.3 Å². The van der Waals surface area contributed by atoms with E-state index >= 15 is 0 Å². The minimum atomic E-state index is 0.562. The first-order chi connectivity index (χ1) is 5.40. The van der Waals surface area contributed by atoms with Crippen molar-refractivity contribution in [1.29, 1.82) is 0 Å². The first kappa shape index (κ1) is 6.15. The molecule has 4 heteroatoms. The fraction of sp³-hybridized carbons (Fsp3) is 0.143. The van der Waals surface area contributed by atoms with Gasteiger partial charge in [0.25, 0.3) is 0 Å². The average Bonchev–Trinajstić information content (AvgIpc) is 2.50. The molecule has 2 aromatic heterocycles. The molecule has 55 valence electrons. The van der Waals surface area contributed by atoms with Gasteiger partial charge in [0.15, 0.2) is 5.65 Å². The minimum Gasteiger partial charge on any atom is -0.480 e. The van der Waals surface area contributed by atoms with E-state index in [1.807, 2.05) is 6.07 Å². The van der Waals surface area contributed by atoms with Gasteiger partial charge in [-0.25, -0.2) is 9.50 Å². The highest BCUT2D eigenvalue weighted by Gasteiger charge is 1.96. The van der Waals surface area contributed by atoms with Gasteiger partial charge in [0.05, 0.1) is 13.3 Å². The third-order valence-corrected chi connectivity index (χ3v) is 1.38. The molecule has 2 rings (SSSR count). The number of rotatable bonds is 1. The molecular weight excluding hydrogens is 142 g/mol. The molecule has 0 saturated carbocycles. The van der Waals surface area contributed by atoms with Crippen LogP contribution in [0.3, 0.4) is 0 Å². The predicted octanol–water partition coefficient (Wildman–Crippen LogP) is 0.538. The lowest BCUT2D eigenvalue weighted by molar-refractivity contribution is 0.390. The fourth-order valence-electron chi connectivity index (χ4n) is 0.851. The summed E-state index contributed by atoms with van der Waals surface area (Å²) >= 11 is 0. The molecule has 0 N–H and O–H groups in total. The highest BCUT2D eigenvalue weighted by Crippen LogP contribution is 2.05. The summed E-state index contributed by atoms with van der Waals surface area (Å²) in [6, 6.07) is 3.58. The van der Waals surface area contributed by atoms with Gasteiger partial charge in [0.2, 0.25) is 5.88 Å². The summed E-state index contributed by atoms with van der Waals surface area (Å²) in [5.41, 5.74) is 0.769. The van der Waals surface area contributed by atoms with Crippen LogP contribution in [0, 0.1) is 6.20 Å². The first-order valence-electron chi connectivity index (χ1n) is 3.16. The van der Waals surface area contributed by atoms with Gasteiger partial charge in [0.1, 0.15) is 6.20 Å². The molecule has 0 atom stereocenters. The van der Waals surface area contributed by atoms with Crippen LogP contribution < -0.4 is 4.74 Å². The van der Waals surface area contributed by atoms with E-state index in [1.165, 1.54) is 0 Å². The highest BCUT2D eigenvalue weighted by molar-refractivity contribution is 5.36. The second-order valence-electron chi connectivity index (χ2n) is 2.03. The standard InChI is InChI=1S/C7H6N3O/c1-11-7-3-2-6-8-4-5-10(6)9-7/h2-4H,1H3. The van der Waals surface area contributed by atoms with Crippen molar-refractivity contribution in [3.8, 4) is 5.88 Å². The van der Waals surface area contributed by atoms with Crippen LogP contribution in [0.2, 0.25) is 0 Å². The van der Waals surface area contributed by atoms with Crippen molar-refractivity contribution in [2.45, 2.75) is 0 Å². The van der Waals surface area contributed by atoms with Crippen LogP contribution in [0.5, 0.6) is 5.88 Å². The number of aromatic nitrogens is 3. The number of fused-ring (bicyclic) bond motifs is 1. The fourth-order valence-corrected chi connectivity index (χ4v) is 0.851. The minimum absolute atomic E-state index is 0.562. The summed E-state index contributed by atoms with van der Waals surface area (Å²) in [7, 11) is 1.57. The number of ether oxygens (including phenoxy) is 1. The predicted molar refractivity (Wildman–Crippen MR) is 38.4 cm³/mol. The number of imidazole rings is 1. The van der Waals surface area contributed by atoms with Crippen molar-refractivity contribution in [3.05, 3.63) is 24.5 Å². The largest absolute Gasteiger partial charge is 0.480 e. The van der Waals surface area contributed by atoms with Crippen LogP contribution in [-0.2, 0) is 0 Å². The third-order valence-electron chi connectivity index (χ3n) is 1.38. The van der Waals surface area contributed by atoms with Gasteiger partial charge in [0, 0.05) is 6.07 Å². The molecule has 0 fully saturated rings. The summed E-state index contributed by atoms with van der Waals surface area (Å²) < 4.78 is 6.45. The molecule has 0 aliphatic heterocycles. The van der Waals surface area contributed by atoms with Gasteiger partial charge in [-0.3, -0.25) is 0 Å². The zero-order valence-electron chi connectivity index (χ0n) is 5.98. The van der Waals surface area contributed by atoms with E-state index in [4.69, 9.17) is 4.74 Å². The number of hydrogen-bond donors (Lipinski definition) is 0. The molecule has 0 bridgehead atoms. The van der Waals surface area contributed by atoms with Gasteiger partial charge in [-0.05, 0) is 6.07 Å².